The van der Waals surface area contributed by atoms with E-state index in [2.05, 4.69) is 22.6 Å². The topological polar surface area (TPSA) is 102 Å². The molecule has 4 N–H and O–H groups in total. The van der Waals surface area contributed by atoms with Gasteiger partial charge in [-0.3, -0.25) is 9.59 Å². The summed E-state index contributed by atoms with van der Waals surface area (Å²) in [5, 5.41) is 27.2. The Morgan fingerprint density at radius 2 is 1.52 bits per heavy atom. The number of ketones is 2. The maximum atomic E-state index is 13.2. The fourth-order valence-electron chi connectivity index (χ4n) is 4.34. The van der Waals surface area contributed by atoms with Gasteiger partial charge in [0.05, 0.1) is 28.1 Å². The minimum atomic E-state index is -0.457. The van der Waals surface area contributed by atoms with E-state index in [0.717, 1.165) is 31.6 Å². The second-order valence-electron chi connectivity index (χ2n) is 7.56. The summed E-state index contributed by atoms with van der Waals surface area (Å²) in [4.78, 5) is 28.4. The van der Waals surface area contributed by atoms with Crippen LogP contribution in [0.3, 0.4) is 0 Å². The van der Waals surface area contributed by atoms with Gasteiger partial charge in [-0.25, -0.2) is 0 Å². The van der Waals surface area contributed by atoms with Crippen LogP contribution in [0.4, 0.5) is 11.4 Å². The first-order valence-corrected chi connectivity index (χ1v) is 8.96. The number of nitrogens with one attached hydrogen (secondary N) is 2. The summed E-state index contributed by atoms with van der Waals surface area (Å²) in [6, 6.07) is 5.87. The Morgan fingerprint density at radius 3 is 2.19 bits per heavy atom. The van der Waals surface area contributed by atoms with E-state index in [4.69, 9.17) is 0 Å². The van der Waals surface area contributed by atoms with Gasteiger partial charge in [0, 0.05) is 31.5 Å². The standard InChI is InChI=1S/C20H19N3O4/c1-23-8-6-20(7-9-23)21-11-3-2-10-14(17(11)22-20)19(27)16-13(25)5-4-12(24)15(16)18(10)26/h2-5,21-22,24-25H,6-9H2,1H3. The molecule has 3 aliphatic rings. The molecule has 0 amide bonds. The summed E-state index contributed by atoms with van der Waals surface area (Å²) >= 11 is 0. The number of rotatable bonds is 0. The summed E-state index contributed by atoms with van der Waals surface area (Å²) in [5.41, 5.74) is 1.28. The van der Waals surface area contributed by atoms with E-state index in [1.165, 1.54) is 12.1 Å². The van der Waals surface area contributed by atoms with Crippen molar-refractivity contribution >= 4 is 22.9 Å². The minimum absolute atomic E-state index is 0.132. The van der Waals surface area contributed by atoms with Gasteiger partial charge in [0.1, 0.15) is 17.2 Å². The van der Waals surface area contributed by atoms with Gasteiger partial charge in [-0.15, -0.1) is 0 Å². The first-order chi connectivity index (χ1) is 12.9. The molecule has 1 fully saturated rings. The molecule has 5 rings (SSSR count). The second kappa shape index (κ2) is 5.23. The summed E-state index contributed by atoms with van der Waals surface area (Å²) in [5.74, 6) is -1.51. The molecule has 2 aromatic carbocycles. The van der Waals surface area contributed by atoms with E-state index in [9.17, 15) is 19.8 Å². The van der Waals surface area contributed by atoms with Crippen molar-refractivity contribution in [3.8, 4) is 11.5 Å². The number of nitrogens with zero attached hydrogens (tertiary/aromatic N) is 1. The predicted octanol–water partition coefficient (Wildman–Crippen LogP) is 2.13. The molecule has 2 aliphatic heterocycles. The number of likely N-dealkylation sites (tertiary alicyclic amines) is 1. The number of carbonyl (C=O) groups excluding carboxylic acids is 2. The van der Waals surface area contributed by atoms with Crippen molar-refractivity contribution in [2.45, 2.75) is 18.5 Å². The first kappa shape index (κ1) is 16.1. The Balaban J connectivity index is 1.65. The molecule has 2 aromatic rings. The SMILES string of the molecule is CN1CCC2(CC1)Nc1ccc3c(c1N2)C(=O)c1c(O)ccc(O)c1C3=O. The van der Waals surface area contributed by atoms with Crippen molar-refractivity contribution in [1.29, 1.82) is 0 Å². The molecule has 0 atom stereocenters. The lowest BCUT2D eigenvalue weighted by Crippen LogP contribution is -2.50. The molecule has 27 heavy (non-hydrogen) atoms. The summed E-state index contributed by atoms with van der Waals surface area (Å²) in [6.45, 7) is 1.83. The molecule has 1 aliphatic carbocycles. The molecule has 0 unspecified atom stereocenters. The number of hydrogen-bond acceptors (Lipinski definition) is 7. The third-order valence-corrected chi connectivity index (χ3v) is 5.87. The molecule has 1 saturated heterocycles. The van der Waals surface area contributed by atoms with Crippen molar-refractivity contribution in [1.82, 2.24) is 4.90 Å². The first-order valence-electron chi connectivity index (χ1n) is 8.96. The largest absolute Gasteiger partial charge is 0.507 e. The Bertz CT molecular complexity index is 1020. The molecular weight excluding hydrogens is 346 g/mol. The highest BCUT2D eigenvalue weighted by Gasteiger charge is 2.43. The number of carbonyl (C=O) groups is 2. The summed E-state index contributed by atoms with van der Waals surface area (Å²) in [6.07, 6.45) is 1.72. The van der Waals surface area contributed by atoms with E-state index in [1.54, 1.807) is 12.1 Å². The monoisotopic (exact) mass is 365 g/mol. The molecular formula is C20H19N3O4. The van der Waals surface area contributed by atoms with Gasteiger partial charge < -0.3 is 25.7 Å². The van der Waals surface area contributed by atoms with Crippen LogP contribution >= 0.6 is 0 Å². The van der Waals surface area contributed by atoms with Gasteiger partial charge in [-0.1, -0.05) is 0 Å². The van der Waals surface area contributed by atoms with Crippen molar-refractivity contribution in [2.24, 2.45) is 0 Å². The van der Waals surface area contributed by atoms with E-state index in [0.29, 0.717) is 5.69 Å². The Labute approximate surface area is 155 Å². The molecule has 1 spiro atoms. The normalized spacial score (nSPS) is 19.9. The highest BCUT2D eigenvalue weighted by atomic mass is 16.3. The van der Waals surface area contributed by atoms with E-state index >= 15 is 0 Å². The lowest BCUT2D eigenvalue weighted by molar-refractivity contribution is 0.0974. The van der Waals surface area contributed by atoms with E-state index in [-0.39, 0.29) is 39.4 Å². The lowest BCUT2D eigenvalue weighted by atomic mass is 9.82. The van der Waals surface area contributed by atoms with Gasteiger partial charge in [0.25, 0.3) is 0 Å². The number of hydrogen-bond donors (Lipinski definition) is 4. The van der Waals surface area contributed by atoms with E-state index < -0.39 is 11.6 Å². The molecule has 0 aromatic heterocycles. The van der Waals surface area contributed by atoms with E-state index in [1.807, 2.05) is 0 Å². The molecule has 7 heteroatoms. The number of phenols is 2. The van der Waals surface area contributed by atoms with Gasteiger partial charge in [0.2, 0.25) is 5.78 Å². The lowest BCUT2D eigenvalue weighted by Gasteiger charge is -2.38. The molecule has 7 nitrogen and oxygen atoms in total. The number of fused-ring (bicyclic) bond motifs is 4. The zero-order chi connectivity index (χ0) is 18.9. The third kappa shape index (κ3) is 2.12. The van der Waals surface area contributed by atoms with Crippen LogP contribution in [0, 0.1) is 0 Å². The average Bonchev–Trinajstić information content (AvgIpc) is 3.01. The number of anilines is 2. The molecule has 0 radical (unpaired) electrons. The highest BCUT2D eigenvalue weighted by Crippen LogP contribution is 2.46. The molecule has 138 valence electrons. The molecule has 0 saturated carbocycles. The minimum Gasteiger partial charge on any atom is -0.507 e. The van der Waals surface area contributed by atoms with Crippen LogP contribution in [0.2, 0.25) is 0 Å². The van der Waals surface area contributed by atoms with Crippen molar-refractivity contribution in [3.63, 3.8) is 0 Å². The van der Waals surface area contributed by atoms with Crippen LogP contribution in [-0.2, 0) is 0 Å². The Morgan fingerprint density at radius 1 is 0.889 bits per heavy atom. The third-order valence-electron chi connectivity index (χ3n) is 5.87. The quantitative estimate of drug-likeness (QED) is 0.453. The van der Waals surface area contributed by atoms with Gasteiger partial charge >= 0.3 is 0 Å². The van der Waals surface area contributed by atoms with Crippen molar-refractivity contribution in [2.75, 3.05) is 30.8 Å². The van der Waals surface area contributed by atoms with Crippen LogP contribution in [0.5, 0.6) is 11.5 Å². The van der Waals surface area contributed by atoms with Gasteiger partial charge in [-0.05, 0) is 31.3 Å². The number of aromatic hydroxyl groups is 2. The fraction of sp³-hybridized carbons (Fsp3) is 0.300. The molecule has 2 heterocycles. The van der Waals surface area contributed by atoms with Gasteiger partial charge in [0.15, 0.2) is 5.78 Å². The fourth-order valence-corrected chi connectivity index (χ4v) is 4.34. The smallest absolute Gasteiger partial charge is 0.200 e. The van der Waals surface area contributed by atoms with Crippen LogP contribution in [0.1, 0.15) is 44.7 Å². The number of benzene rings is 2. The highest BCUT2D eigenvalue weighted by molar-refractivity contribution is 6.32. The summed E-state index contributed by atoms with van der Waals surface area (Å²) < 4.78 is 0. The summed E-state index contributed by atoms with van der Waals surface area (Å²) in [7, 11) is 2.07. The van der Waals surface area contributed by atoms with Gasteiger partial charge in [-0.2, -0.15) is 0 Å². The number of piperidine rings is 1. The predicted molar refractivity (Wildman–Crippen MR) is 99.8 cm³/mol. The zero-order valence-electron chi connectivity index (χ0n) is 14.8. The van der Waals surface area contributed by atoms with Crippen molar-refractivity contribution < 1.29 is 19.8 Å². The Kier molecular flexibility index (Phi) is 3.13. The Hall–Kier alpha value is -3.06. The van der Waals surface area contributed by atoms with Crippen LogP contribution in [0.25, 0.3) is 0 Å². The maximum Gasteiger partial charge on any atom is 0.200 e. The van der Waals surface area contributed by atoms with Crippen LogP contribution < -0.4 is 10.6 Å². The maximum absolute atomic E-state index is 13.2. The second-order valence-corrected chi connectivity index (χ2v) is 7.56. The van der Waals surface area contributed by atoms with Crippen LogP contribution in [-0.4, -0.2) is 52.5 Å². The average molecular weight is 365 g/mol. The zero-order valence-corrected chi connectivity index (χ0v) is 14.8. The molecule has 0 bridgehead atoms. The number of phenolic OH excluding ortho intramolecular Hbond substituents is 2. The van der Waals surface area contributed by atoms with Crippen molar-refractivity contribution in [3.05, 3.63) is 46.5 Å². The van der Waals surface area contributed by atoms with Crippen LogP contribution in [0.15, 0.2) is 24.3 Å².